The topological polar surface area (TPSA) is 17.1 Å². The van der Waals surface area contributed by atoms with Crippen LogP contribution in [0.1, 0.15) is 10.4 Å². The SMILES string of the molecule is O=C(c1ccccc1)C1(F)C(F)=CC(F)(Cl)C(F)(Cl)C1(F)Cl. The predicted octanol–water partition coefficient (Wildman–Crippen LogP) is 5.16. The molecular formula is C13H6Cl3F5O. The highest BCUT2D eigenvalue weighted by Gasteiger charge is 2.80. The van der Waals surface area contributed by atoms with E-state index < -0.39 is 44.3 Å². The number of alkyl halides is 7. The minimum Gasteiger partial charge on any atom is -0.290 e. The van der Waals surface area contributed by atoms with Crippen molar-refractivity contribution < 1.29 is 26.7 Å². The molecule has 0 saturated carbocycles. The van der Waals surface area contributed by atoms with Gasteiger partial charge in [0.15, 0.2) is 5.83 Å². The summed E-state index contributed by atoms with van der Waals surface area (Å²) in [5, 5.41) is -13.1. The third-order valence-corrected chi connectivity index (χ3v) is 4.85. The standard InChI is InChI=1S/C13H6Cl3F5O/c14-10(18)6-8(17)11(19,13(16,21)12(10,15)20)9(22)7-4-2-1-3-5-7/h1-6H. The van der Waals surface area contributed by atoms with Crippen LogP contribution in [-0.2, 0) is 0 Å². The van der Waals surface area contributed by atoms with Crippen LogP contribution in [0, 0.1) is 0 Å². The van der Waals surface area contributed by atoms with Crippen molar-refractivity contribution in [2.45, 2.75) is 21.1 Å². The quantitative estimate of drug-likeness (QED) is 0.394. The fourth-order valence-corrected chi connectivity index (χ4v) is 2.74. The number of Topliss-reactive ketones (excluding diaryl/α,β-unsaturated/α-hetero) is 1. The average molecular weight is 380 g/mol. The first-order chi connectivity index (χ1) is 9.89. The summed E-state index contributed by atoms with van der Waals surface area (Å²) in [5.74, 6) is -4.18. The number of benzene rings is 1. The maximum absolute atomic E-state index is 14.8. The zero-order valence-corrected chi connectivity index (χ0v) is 12.7. The molecule has 1 aliphatic carbocycles. The van der Waals surface area contributed by atoms with Gasteiger partial charge in [0.25, 0.3) is 21.1 Å². The molecule has 0 saturated heterocycles. The molecule has 4 unspecified atom stereocenters. The number of halogens is 8. The monoisotopic (exact) mass is 378 g/mol. The first-order valence-corrected chi connectivity index (χ1v) is 6.84. The van der Waals surface area contributed by atoms with E-state index in [0.29, 0.717) is 0 Å². The van der Waals surface area contributed by atoms with Crippen molar-refractivity contribution >= 4 is 40.6 Å². The summed E-state index contributed by atoms with van der Waals surface area (Å²) in [6.45, 7) is 0. The highest BCUT2D eigenvalue weighted by atomic mass is 35.5. The lowest BCUT2D eigenvalue weighted by atomic mass is 9.80. The molecule has 0 bridgehead atoms. The van der Waals surface area contributed by atoms with E-state index in [1.54, 1.807) is 0 Å². The number of ketones is 1. The number of hydrogen-bond donors (Lipinski definition) is 0. The van der Waals surface area contributed by atoms with Gasteiger partial charge in [-0.15, -0.1) is 0 Å². The molecule has 1 aromatic carbocycles. The van der Waals surface area contributed by atoms with Crippen molar-refractivity contribution in [2.24, 2.45) is 0 Å². The smallest absolute Gasteiger partial charge is 0.286 e. The van der Waals surface area contributed by atoms with E-state index in [-0.39, 0.29) is 0 Å². The lowest BCUT2D eigenvalue weighted by Crippen LogP contribution is -2.67. The van der Waals surface area contributed by atoms with Gasteiger partial charge in [0.2, 0.25) is 5.78 Å². The largest absolute Gasteiger partial charge is 0.290 e. The number of carbonyl (C=O) groups excluding carboxylic acids is 1. The maximum Gasteiger partial charge on any atom is 0.286 e. The Morgan fingerprint density at radius 3 is 1.91 bits per heavy atom. The van der Waals surface area contributed by atoms with E-state index in [4.69, 9.17) is 34.8 Å². The van der Waals surface area contributed by atoms with Gasteiger partial charge in [0.1, 0.15) is 0 Å². The number of hydrogen-bond acceptors (Lipinski definition) is 1. The molecule has 0 spiro atoms. The third kappa shape index (κ3) is 2.07. The second-order valence-corrected chi connectivity index (χ2v) is 6.21. The molecule has 0 amide bonds. The van der Waals surface area contributed by atoms with Gasteiger partial charge in [0, 0.05) is 11.6 Å². The summed E-state index contributed by atoms with van der Waals surface area (Å²) in [6, 6.07) is 5.98. The van der Waals surface area contributed by atoms with Gasteiger partial charge < -0.3 is 0 Å². The van der Waals surface area contributed by atoms with Gasteiger partial charge >= 0.3 is 0 Å². The molecule has 0 aromatic heterocycles. The summed E-state index contributed by atoms with van der Waals surface area (Å²) in [5.41, 5.74) is -4.92. The van der Waals surface area contributed by atoms with Crippen LogP contribution >= 0.6 is 34.8 Å². The van der Waals surface area contributed by atoms with Gasteiger partial charge in [-0.05, 0) is 0 Å². The Balaban J connectivity index is 2.70. The molecule has 2 rings (SSSR count). The first kappa shape index (κ1) is 17.5. The Morgan fingerprint density at radius 2 is 1.41 bits per heavy atom. The van der Waals surface area contributed by atoms with Crippen molar-refractivity contribution in [1.82, 2.24) is 0 Å². The fourth-order valence-electron chi connectivity index (χ4n) is 1.96. The molecule has 0 heterocycles. The van der Waals surface area contributed by atoms with Crippen molar-refractivity contribution in [2.75, 3.05) is 0 Å². The summed E-state index contributed by atoms with van der Waals surface area (Å²) in [6.07, 6.45) is -0.456. The van der Waals surface area contributed by atoms with Crippen molar-refractivity contribution in [3.63, 3.8) is 0 Å². The van der Waals surface area contributed by atoms with E-state index in [1.807, 2.05) is 0 Å². The Morgan fingerprint density at radius 1 is 0.909 bits per heavy atom. The normalized spacial score (nSPS) is 41.9. The molecule has 22 heavy (non-hydrogen) atoms. The fraction of sp³-hybridized carbons (Fsp3) is 0.308. The van der Waals surface area contributed by atoms with Gasteiger partial charge in [-0.2, -0.15) is 0 Å². The van der Waals surface area contributed by atoms with Crippen LogP contribution in [0.2, 0.25) is 0 Å². The molecule has 9 heteroatoms. The molecule has 0 aliphatic heterocycles. The lowest BCUT2D eigenvalue weighted by molar-refractivity contribution is -0.0694. The average Bonchev–Trinajstić information content (AvgIpc) is 2.44. The van der Waals surface area contributed by atoms with E-state index in [1.165, 1.54) is 18.2 Å². The molecule has 1 aromatic rings. The van der Waals surface area contributed by atoms with E-state index in [2.05, 4.69) is 0 Å². The Labute approximate surface area is 136 Å². The minimum absolute atomic E-state index is 0.456. The third-order valence-electron chi connectivity index (χ3n) is 3.23. The van der Waals surface area contributed by atoms with Crippen LogP contribution in [0.3, 0.4) is 0 Å². The number of carbonyl (C=O) groups is 1. The lowest BCUT2D eigenvalue weighted by Gasteiger charge is -2.45. The minimum atomic E-state index is -4.64. The van der Waals surface area contributed by atoms with Crippen LogP contribution in [0.5, 0.6) is 0 Å². The zero-order chi connectivity index (χ0) is 17.0. The Kier molecular flexibility index (Phi) is 4.04. The van der Waals surface area contributed by atoms with Crippen LogP contribution in [0.25, 0.3) is 0 Å². The Bertz CT molecular complexity index is 644. The van der Waals surface area contributed by atoms with Crippen molar-refractivity contribution in [3.8, 4) is 0 Å². The summed E-state index contributed by atoms with van der Waals surface area (Å²) < 4.78 is 71.0. The molecule has 1 aliphatic rings. The maximum atomic E-state index is 14.8. The van der Waals surface area contributed by atoms with Crippen LogP contribution in [0.4, 0.5) is 22.0 Å². The van der Waals surface area contributed by atoms with Gasteiger partial charge in [-0.1, -0.05) is 65.1 Å². The molecule has 1 nitrogen and oxygen atoms in total. The highest BCUT2D eigenvalue weighted by molar-refractivity contribution is 6.41. The molecule has 0 N–H and O–H groups in total. The summed E-state index contributed by atoms with van der Waals surface area (Å²) in [4.78, 5) is 12.1. The predicted molar refractivity (Wildman–Crippen MR) is 72.9 cm³/mol. The van der Waals surface area contributed by atoms with Crippen LogP contribution in [0.15, 0.2) is 42.2 Å². The van der Waals surface area contributed by atoms with E-state index in [9.17, 15) is 26.7 Å². The van der Waals surface area contributed by atoms with Crippen molar-refractivity contribution in [1.29, 1.82) is 0 Å². The number of allylic oxidation sites excluding steroid dienone is 2. The van der Waals surface area contributed by atoms with E-state index >= 15 is 0 Å². The van der Waals surface area contributed by atoms with Gasteiger partial charge in [-0.3, -0.25) is 4.79 Å². The highest BCUT2D eigenvalue weighted by Crippen LogP contribution is 2.62. The summed E-state index contributed by atoms with van der Waals surface area (Å²) >= 11 is 14.9. The summed E-state index contributed by atoms with van der Waals surface area (Å²) in [7, 11) is 0. The van der Waals surface area contributed by atoms with Crippen molar-refractivity contribution in [3.05, 3.63) is 47.8 Å². The second kappa shape index (κ2) is 5.08. The molecule has 4 atom stereocenters. The molecule has 120 valence electrons. The van der Waals surface area contributed by atoms with Gasteiger partial charge in [-0.25, -0.2) is 22.0 Å². The Hall–Kier alpha value is -0.850. The zero-order valence-electron chi connectivity index (χ0n) is 10.4. The second-order valence-electron chi connectivity index (χ2n) is 4.62. The van der Waals surface area contributed by atoms with Crippen LogP contribution in [-0.4, -0.2) is 26.8 Å². The van der Waals surface area contributed by atoms with Crippen LogP contribution < -0.4 is 0 Å². The van der Waals surface area contributed by atoms with E-state index in [0.717, 1.165) is 12.1 Å². The molecule has 0 fully saturated rings. The first-order valence-electron chi connectivity index (χ1n) is 5.70. The number of rotatable bonds is 2. The van der Waals surface area contributed by atoms with Gasteiger partial charge in [0.05, 0.1) is 0 Å². The molecule has 0 radical (unpaired) electrons. The molecular weight excluding hydrogens is 373 g/mol.